The zero-order chi connectivity index (χ0) is 30.9. The Morgan fingerprint density at radius 3 is 1.22 bits per heavy atom. The van der Waals surface area contributed by atoms with Gasteiger partial charge in [-0.3, -0.25) is 9.59 Å². The highest BCUT2D eigenvalue weighted by Gasteiger charge is 2.30. The van der Waals surface area contributed by atoms with Crippen LogP contribution in [0.4, 0.5) is 0 Å². The van der Waals surface area contributed by atoms with E-state index in [4.69, 9.17) is 0 Å². The molecule has 7 nitrogen and oxygen atoms in total. The van der Waals surface area contributed by atoms with E-state index >= 15 is 0 Å². The topological polar surface area (TPSA) is 115 Å². The predicted molar refractivity (Wildman–Crippen MR) is 165 cm³/mol. The Morgan fingerprint density at radius 1 is 0.585 bits per heavy atom. The number of rotatable bonds is 30. The third-order valence-electron chi connectivity index (χ3n) is 8.90. The first kappa shape index (κ1) is 39.1. The minimum atomic E-state index is -1.07. The lowest BCUT2D eigenvalue weighted by Gasteiger charge is -2.41. The summed E-state index contributed by atoms with van der Waals surface area (Å²) in [7, 11) is 0. The van der Waals surface area contributed by atoms with Gasteiger partial charge in [0.05, 0.1) is 38.0 Å². The minimum Gasteiger partial charge on any atom is -0.550 e. The van der Waals surface area contributed by atoms with Gasteiger partial charge < -0.3 is 24.6 Å². The van der Waals surface area contributed by atoms with Crippen molar-refractivity contribution in [3.8, 4) is 0 Å². The largest absolute Gasteiger partial charge is 0.550 e. The zero-order valence-corrected chi connectivity index (χ0v) is 26.8. The third kappa shape index (κ3) is 21.5. The lowest BCUT2D eigenvalue weighted by atomic mass is 10.0. The summed E-state index contributed by atoms with van der Waals surface area (Å²) >= 11 is 0. The zero-order valence-electron chi connectivity index (χ0n) is 26.8. The summed E-state index contributed by atoms with van der Waals surface area (Å²) in [6, 6.07) is 0. The smallest absolute Gasteiger partial charge is 0.306 e. The summed E-state index contributed by atoms with van der Waals surface area (Å²) < 4.78 is 0.585. The predicted octanol–water partition coefficient (Wildman–Crippen LogP) is 7.23. The van der Waals surface area contributed by atoms with Crippen LogP contribution in [0.2, 0.25) is 0 Å². The average molecular weight is 582 g/mol. The molecule has 0 amide bonds. The Balaban J connectivity index is 4.53. The number of carbonyl (C=O) groups excluding carboxylic acids is 1. The first-order valence-corrected chi connectivity index (χ1v) is 16.7. The van der Waals surface area contributed by atoms with Crippen LogP contribution in [0.1, 0.15) is 143 Å². The maximum absolute atomic E-state index is 11.5. The Hall–Kier alpha value is -1.89. The van der Waals surface area contributed by atoms with Crippen LogP contribution in [0.15, 0.2) is 12.7 Å². The maximum Gasteiger partial charge on any atom is 0.306 e. The number of unbranched alkanes of at least 4 members (excludes halogenated alkanes) is 15. The van der Waals surface area contributed by atoms with Crippen molar-refractivity contribution in [2.75, 3.05) is 26.2 Å². The molecule has 0 saturated carbocycles. The number of aliphatic carboxylic acids is 3. The van der Waals surface area contributed by atoms with E-state index in [2.05, 4.69) is 6.58 Å². The van der Waals surface area contributed by atoms with Gasteiger partial charge in [-0.25, -0.2) is 0 Å². The quantitative estimate of drug-likeness (QED) is 0.0525. The maximum atomic E-state index is 11.5. The summed E-state index contributed by atoms with van der Waals surface area (Å²) in [5.41, 5.74) is 0. The second kappa shape index (κ2) is 24.7. The lowest BCUT2D eigenvalue weighted by molar-refractivity contribution is -0.929. The van der Waals surface area contributed by atoms with Crippen LogP contribution >= 0.6 is 0 Å². The van der Waals surface area contributed by atoms with Crippen LogP contribution in [0.5, 0.6) is 0 Å². The first-order valence-electron chi connectivity index (χ1n) is 16.7. The summed E-state index contributed by atoms with van der Waals surface area (Å²) in [5, 5.41) is 30.2. The summed E-state index contributed by atoms with van der Waals surface area (Å²) in [6.45, 7) is 11.5. The summed E-state index contributed by atoms with van der Waals surface area (Å²) in [6.07, 6.45) is 23.7. The second-order valence-corrected chi connectivity index (χ2v) is 12.7. The molecule has 0 saturated heterocycles. The Labute approximate surface area is 251 Å². The molecular formula is C34H63NO6. The van der Waals surface area contributed by atoms with Crippen molar-refractivity contribution in [2.45, 2.75) is 143 Å². The number of carbonyl (C=O) groups is 3. The van der Waals surface area contributed by atoms with Gasteiger partial charge in [-0.05, 0) is 25.7 Å². The number of hydrogen-bond donors (Lipinski definition) is 2. The molecule has 0 fully saturated rings. The van der Waals surface area contributed by atoms with Crippen molar-refractivity contribution in [3.05, 3.63) is 12.7 Å². The van der Waals surface area contributed by atoms with Gasteiger partial charge >= 0.3 is 11.9 Å². The Bertz CT molecular complexity index is 650. The standard InChI is InChI=1S/C34H63NO6/c1-5-6-7-8-9-10-11-12-13-14-15-16-17-18-19-20-21-25-35(26-22-29(2)32(36)37,27-23-30(3)33(38)39)28-24-31(4)34(40)41/h5,29-31H,1,6-28H2,2-4H3,(H2-,36,37,38,39,40,41). The Kier molecular flexibility index (Phi) is 23.5. The minimum absolute atomic E-state index is 0.445. The molecule has 41 heavy (non-hydrogen) atoms. The molecule has 0 aromatic rings. The van der Waals surface area contributed by atoms with Crippen LogP contribution in [0.3, 0.4) is 0 Å². The highest BCUT2D eigenvalue weighted by Crippen LogP contribution is 2.22. The molecule has 3 atom stereocenters. The van der Waals surface area contributed by atoms with Gasteiger partial charge in [0.25, 0.3) is 0 Å². The van der Waals surface area contributed by atoms with E-state index in [1.54, 1.807) is 20.8 Å². The second-order valence-electron chi connectivity index (χ2n) is 12.7. The molecule has 0 aromatic heterocycles. The average Bonchev–Trinajstić information content (AvgIpc) is 2.94. The van der Waals surface area contributed by atoms with Crippen molar-refractivity contribution in [3.63, 3.8) is 0 Å². The van der Waals surface area contributed by atoms with Gasteiger partial charge in [-0.15, -0.1) is 6.58 Å². The van der Waals surface area contributed by atoms with Crippen LogP contribution in [-0.2, 0) is 14.4 Å². The number of carboxylic acids is 3. The number of quaternary nitrogens is 1. The molecule has 0 radical (unpaired) electrons. The van der Waals surface area contributed by atoms with Crippen LogP contribution in [0.25, 0.3) is 0 Å². The van der Waals surface area contributed by atoms with Crippen molar-refractivity contribution in [1.82, 2.24) is 0 Å². The van der Waals surface area contributed by atoms with E-state index < -0.39 is 35.7 Å². The van der Waals surface area contributed by atoms with Gasteiger partial charge in [0.15, 0.2) is 0 Å². The van der Waals surface area contributed by atoms with Gasteiger partial charge in [-0.2, -0.15) is 0 Å². The van der Waals surface area contributed by atoms with Gasteiger partial charge in [0.1, 0.15) is 0 Å². The van der Waals surface area contributed by atoms with Crippen LogP contribution < -0.4 is 5.11 Å². The molecule has 0 bridgehead atoms. The fourth-order valence-electron chi connectivity index (χ4n) is 5.47. The van der Waals surface area contributed by atoms with E-state index in [1.165, 1.54) is 83.5 Å². The summed E-state index contributed by atoms with van der Waals surface area (Å²) in [4.78, 5) is 34.3. The molecule has 7 heteroatoms. The molecule has 0 spiro atoms. The molecule has 0 aliphatic rings. The molecule has 0 rings (SSSR count). The number of nitrogens with zero attached hydrogens (tertiary/aromatic N) is 1. The van der Waals surface area contributed by atoms with Crippen LogP contribution in [-0.4, -0.2) is 58.8 Å². The van der Waals surface area contributed by atoms with Crippen LogP contribution in [0, 0.1) is 17.8 Å². The molecule has 3 unspecified atom stereocenters. The normalized spacial score (nSPS) is 15.1. The lowest BCUT2D eigenvalue weighted by Crippen LogP contribution is -2.52. The van der Waals surface area contributed by atoms with Crippen molar-refractivity contribution < 1.29 is 34.2 Å². The molecule has 2 N–H and O–H groups in total. The fourth-order valence-corrected chi connectivity index (χ4v) is 5.47. The van der Waals surface area contributed by atoms with Crippen molar-refractivity contribution in [1.29, 1.82) is 0 Å². The Morgan fingerprint density at radius 2 is 0.902 bits per heavy atom. The first-order chi connectivity index (χ1) is 19.5. The number of allylic oxidation sites excluding steroid dienone is 1. The molecule has 0 aliphatic carbocycles. The highest BCUT2D eigenvalue weighted by molar-refractivity contribution is 5.69. The van der Waals surface area contributed by atoms with E-state index in [-0.39, 0.29) is 0 Å². The molecular weight excluding hydrogens is 518 g/mol. The van der Waals surface area contributed by atoms with Gasteiger partial charge in [0.2, 0.25) is 0 Å². The fraction of sp³-hybridized carbons (Fsp3) is 0.853. The van der Waals surface area contributed by atoms with E-state index in [0.717, 1.165) is 25.8 Å². The van der Waals surface area contributed by atoms with Crippen molar-refractivity contribution >= 4 is 17.9 Å². The third-order valence-corrected chi connectivity index (χ3v) is 8.90. The van der Waals surface area contributed by atoms with Gasteiger partial charge in [0, 0.05) is 31.1 Å². The monoisotopic (exact) mass is 581 g/mol. The van der Waals surface area contributed by atoms with Gasteiger partial charge in [-0.1, -0.05) is 104 Å². The molecule has 0 aromatic carbocycles. The van der Waals surface area contributed by atoms with E-state index in [1.807, 2.05) is 6.08 Å². The molecule has 0 aliphatic heterocycles. The van der Waals surface area contributed by atoms with Crippen molar-refractivity contribution in [2.24, 2.45) is 17.8 Å². The number of carboxylic acid groups (broad SMARTS) is 3. The summed E-state index contributed by atoms with van der Waals surface area (Å²) in [5.74, 6) is -4.31. The van der Waals surface area contributed by atoms with E-state index in [9.17, 15) is 29.7 Å². The molecule has 0 heterocycles. The highest BCUT2D eigenvalue weighted by atomic mass is 16.4. The van der Waals surface area contributed by atoms with E-state index in [0.29, 0.717) is 43.4 Å². The SMILES string of the molecule is C=CCCCCCCCCCCCCCCCCC[N+](CCC(C)C(=O)[O-])(CCC(C)C(=O)O)CCC(C)C(=O)O. The molecule has 240 valence electrons. The number of hydrogen-bond acceptors (Lipinski definition) is 4.